The second kappa shape index (κ2) is 6.51. The number of ether oxygens (including phenoxy) is 2. The average molecular weight is 330 g/mol. The maximum absolute atomic E-state index is 11.5. The number of methoxy groups -OCH3 is 2. The lowest BCUT2D eigenvalue weighted by molar-refractivity contribution is -0.121. The van der Waals surface area contributed by atoms with Gasteiger partial charge in [0, 0.05) is 30.5 Å². The molecule has 3 rings (SSSR count). The van der Waals surface area contributed by atoms with Gasteiger partial charge in [-0.25, -0.2) is 4.98 Å². The van der Waals surface area contributed by atoms with E-state index in [1.807, 2.05) is 0 Å². The van der Waals surface area contributed by atoms with Crippen LogP contribution in [-0.4, -0.2) is 43.1 Å². The predicted molar refractivity (Wildman–Crippen MR) is 92.7 cm³/mol. The maximum Gasteiger partial charge on any atom is 0.227 e. The number of carbonyl (C=O) groups is 1. The molecule has 0 spiro atoms. The van der Waals surface area contributed by atoms with Gasteiger partial charge in [0.2, 0.25) is 5.95 Å². The first-order valence-electron chi connectivity index (χ1n) is 7.98. The topological polar surface area (TPSA) is 90.6 Å². The minimum Gasteiger partial charge on any atom is -0.493 e. The van der Waals surface area contributed by atoms with Crippen molar-refractivity contribution in [3.05, 3.63) is 12.1 Å². The SMILES string of the molecule is COc1cc2nc(N3CCC(C(C)=O)CC3)nc(N)c2cc1OC. The van der Waals surface area contributed by atoms with Crippen molar-refractivity contribution in [2.45, 2.75) is 19.8 Å². The van der Waals surface area contributed by atoms with Crippen LogP contribution in [0.1, 0.15) is 19.8 Å². The summed E-state index contributed by atoms with van der Waals surface area (Å²) in [6.07, 6.45) is 1.64. The third kappa shape index (κ3) is 2.93. The maximum atomic E-state index is 11.5. The quantitative estimate of drug-likeness (QED) is 0.917. The van der Waals surface area contributed by atoms with Crippen molar-refractivity contribution >= 4 is 28.5 Å². The van der Waals surface area contributed by atoms with Gasteiger partial charge < -0.3 is 20.1 Å². The molecule has 0 saturated carbocycles. The first-order valence-corrected chi connectivity index (χ1v) is 7.98. The van der Waals surface area contributed by atoms with Crippen LogP contribution in [0.2, 0.25) is 0 Å². The van der Waals surface area contributed by atoms with Gasteiger partial charge in [0.25, 0.3) is 0 Å². The summed E-state index contributed by atoms with van der Waals surface area (Å²) < 4.78 is 10.6. The van der Waals surface area contributed by atoms with E-state index < -0.39 is 0 Å². The van der Waals surface area contributed by atoms with Gasteiger partial charge >= 0.3 is 0 Å². The largest absolute Gasteiger partial charge is 0.493 e. The van der Waals surface area contributed by atoms with Crippen LogP contribution in [0.25, 0.3) is 10.9 Å². The predicted octanol–water partition coefficient (Wildman–Crippen LogP) is 2.03. The number of carbonyl (C=O) groups excluding carboxylic acids is 1. The van der Waals surface area contributed by atoms with Gasteiger partial charge in [0.1, 0.15) is 11.6 Å². The Labute approximate surface area is 140 Å². The van der Waals surface area contributed by atoms with Crippen LogP contribution in [0.5, 0.6) is 11.5 Å². The Kier molecular flexibility index (Phi) is 4.42. The number of benzene rings is 1. The lowest BCUT2D eigenvalue weighted by atomic mass is 9.93. The van der Waals surface area contributed by atoms with E-state index in [2.05, 4.69) is 14.9 Å². The molecule has 0 aliphatic carbocycles. The fourth-order valence-electron chi connectivity index (χ4n) is 3.09. The molecule has 1 aliphatic heterocycles. The third-order valence-electron chi connectivity index (χ3n) is 4.57. The summed E-state index contributed by atoms with van der Waals surface area (Å²) in [5.41, 5.74) is 6.84. The zero-order valence-corrected chi connectivity index (χ0v) is 14.2. The van der Waals surface area contributed by atoms with Crippen molar-refractivity contribution < 1.29 is 14.3 Å². The Morgan fingerprint density at radius 1 is 1.17 bits per heavy atom. The van der Waals surface area contributed by atoms with Gasteiger partial charge in [-0.15, -0.1) is 0 Å². The molecule has 2 heterocycles. The van der Waals surface area contributed by atoms with Crippen molar-refractivity contribution in [1.82, 2.24) is 9.97 Å². The molecule has 0 bridgehead atoms. The number of piperidine rings is 1. The number of fused-ring (bicyclic) bond motifs is 1. The molecule has 1 fully saturated rings. The van der Waals surface area contributed by atoms with Gasteiger partial charge in [-0.05, 0) is 25.8 Å². The number of nitrogens with two attached hydrogens (primary N) is 1. The van der Waals surface area contributed by atoms with Crippen LogP contribution < -0.4 is 20.1 Å². The minimum absolute atomic E-state index is 0.142. The van der Waals surface area contributed by atoms with Crippen LogP contribution in [-0.2, 0) is 4.79 Å². The van der Waals surface area contributed by atoms with Gasteiger partial charge in [0.15, 0.2) is 11.5 Å². The minimum atomic E-state index is 0.142. The molecule has 1 aromatic heterocycles. The van der Waals surface area contributed by atoms with Crippen molar-refractivity contribution in [3.63, 3.8) is 0 Å². The molecule has 0 radical (unpaired) electrons. The number of ketones is 1. The summed E-state index contributed by atoms with van der Waals surface area (Å²) in [4.78, 5) is 22.6. The van der Waals surface area contributed by atoms with Crippen molar-refractivity contribution in [1.29, 1.82) is 0 Å². The molecule has 0 amide bonds. The van der Waals surface area contributed by atoms with Crippen LogP contribution >= 0.6 is 0 Å². The monoisotopic (exact) mass is 330 g/mol. The summed E-state index contributed by atoms with van der Waals surface area (Å²) in [5, 5.41) is 0.732. The number of nitrogen functional groups attached to an aromatic ring is 1. The second-order valence-electron chi connectivity index (χ2n) is 6.01. The van der Waals surface area contributed by atoms with E-state index in [-0.39, 0.29) is 11.7 Å². The molecule has 7 heteroatoms. The van der Waals surface area contributed by atoms with Crippen LogP contribution in [0.15, 0.2) is 12.1 Å². The van der Waals surface area contributed by atoms with E-state index in [1.165, 1.54) is 0 Å². The highest BCUT2D eigenvalue weighted by Gasteiger charge is 2.24. The number of anilines is 2. The molecule has 1 aromatic carbocycles. The zero-order valence-electron chi connectivity index (χ0n) is 14.2. The Hall–Kier alpha value is -2.57. The average Bonchev–Trinajstić information content (AvgIpc) is 2.60. The van der Waals surface area contributed by atoms with E-state index in [4.69, 9.17) is 15.2 Å². The molecule has 0 atom stereocenters. The van der Waals surface area contributed by atoms with Crippen molar-refractivity contribution in [2.24, 2.45) is 5.92 Å². The summed E-state index contributed by atoms with van der Waals surface area (Å²) in [6.45, 7) is 3.16. The Balaban J connectivity index is 1.94. The Morgan fingerprint density at radius 3 is 2.38 bits per heavy atom. The number of Topliss-reactive ketones (excluding diaryl/α,β-unsaturated/α-hetero) is 1. The first-order chi connectivity index (χ1) is 11.5. The molecule has 2 aromatic rings. The number of hydrogen-bond acceptors (Lipinski definition) is 7. The molecular formula is C17H22N4O3. The molecule has 128 valence electrons. The van der Waals surface area contributed by atoms with Crippen LogP contribution in [0, 0.1) is 5.92 Å². The first kappa shape index (κ1) is 16.3. The van der Waals surface area contributed by atoms with Crippen molar-refractivity contribution in [3.8, 4) is 11.5 Å². The highest BCUT2D eigenvalue weighted by Crippen LogP contribution is 2.34. The Bertz CT molecular complexity index is 770. The van der Waals surface area contributed by atoms with Crippen LogP contribution in [0.3, 0.4) is 0 Å². The van der Waals surface area contributed by atoms with Gasteiger partial charge in [-0.1, -0.05) is 0 Å². The lowest BCUT2D eigenvalue weighted by Gasteiger charge is -2.31. The highest BCUT2D eigenvalue weighted by atomic mass is 16.5. The van der Waals surface area contributed by atoms with Gasteiger partial charge in [0.05, 0.1) is 19.7 Å². The van der Waals surface area contributed by atoms with Gasteiger partial charge in [-0.3, -0.25) is 4.79 Å². The number of rotatable bonds is 4. The molecule has 2 N–H and O–H groups in total. The smallest absolute Gasteiger partial charge is 0.227 e. The molecule has 24 heavy (non-hydrogen) atoms. The van der Waals surface area contributed by atoms with Crippen molar-refractivity contribution in [2.75, 3.05) is 37.9 Å². The molecular weight excluding hydrogens is 308 g/mol. The van der Waals surface area contributed by atoms with Crippen LogP contribution in [0.4, 0.5) is 11.8 Å². The second-order valence-corrected chi connectivity index (χ2v) is 6.01. The highest BCUT2D eigenvalue weighted by molar-refractivity contribution is 5.91. The standard InChI is InChI=1S/C17H22N4O3/c1-10(22)11-4-6-21(7-5-11)17-19-13-9-15(24-3)14(23-2)8-12(13)16(18)20-17/h8-9,11H,4-7H2,1-3H3,(H2,18,19,20). The fraction of sp³-hybridized carbons (Fsp3) is 0.471. The fourth-order valence-corrected chi connectivity index (χ4v) is 3.09. The van der Waals surface area contributed by atoms with E-state index in [0.29, 0.717) is 28.8 Å². The molecule has 7 nitrogen and oxygen atoms in total. The number of hydrogen-bond donors (Lipinski definition) is 1. The summed E-state index contributed by atoms with van der Waals surface area (Å²) in [6, 6.07) is 3.59. The van der Waals surface area contributed by atoms with E-state index in [0.717, 1.165) is 31.3 Å². The third-order valence-corrected chi connectivity index (χ3v) is 4.57. The Morgan fingerprint density at radius 2 is 1.79 bits per heavy atom. The zero-order chi connectivity index (χ0) is 17.3. The van der Waals surface area contributed by atoms with E-state index in [1.54, 1.807) is 33.3 Å². The number of aromatic nitrogens is 2. The summed E-state index contributed by atoms with van der Waals surface area (Å²) >= 11 is 0. The van der Waals surface area contributed by atoms with E-state index >= 15 is 0 Å². The summed E-state index contributed by atoms with van der Waals surface area (Å²) in [7, 11) is 3.16. The number of nitrogens with zero attached hydrogens (tertiary/aromatic N) is 3. The molecule has 0 unspecified atom stereocenters. The van der Waals surface area contributed by atoms with E-state index in [9.17, 15) is 4.79 Å². The summed E-state index contributed by atoms with van der Waals surface area (Å²) in [5.74, 6) is 2.59. The molecule has 1 aliphatic rings. The normalized spacial score (nSPS) is 15.5. The molecule has 1 saturated heterocycles. The van der Waals surface area contributed by atoms with Gasteiger partial charge in [-0.2, -0.15) is 4.98 Å². The lowest BCUT2D eigenvalue weighted by Crippen LogP contribution is -2.36.